The van der Waals surface area contributed by atoms with Crippen LogP contribution in [0.2, 0.25) is 0 Å². The summed E-state index contributed by atoms with van der Waals surface area (Å²) >= 11 is 0. The van der Waals surface area contributed by atoms with Crippen molar-refractivity contribution in [2.75, 3.05) is 19.6 Å². The van der Waals surface area contributed by atoms with E-state index in [-0.39, 0.29) is 17.2 Å². The van der Waals surface area contributed by atoms with E-state index in [2.05, 4.69) is 84.0 Å². The number of benzene rings is 2. The predicted molar refractivity (Wildman–Crippen MR) is 165 cm³/mol. The maximum absolute atomic E-state index is 11.5. The lowest BCUT2D eigenvalue weighted by Gasteiger charge is -2.35. The maximum Gasteiger partial charge on any atom is 0.404 e. The van der Waals surface area contributed by atoms with Crippen molar-refractivity contribution in [3.8, 4) is 5.69 Å². The highest BCUT2D eigenvalue weighted by Crippen LogP contribution is 2.30. The molecular weight excluding hydrogens is 528 g/mol. The lowest BCUT2D eigenvalue weighted by Crippen LogP contribution is -2.39. The van der Waals surface area contributed by atoms with Gasteiger partial charge >= 0.3 is 6.09 Å². The van der Waals surface area contributed by atoms with Crippen molar-refractivity contribution in [2.45, 2.75) is 65.5 Å². The molecule has 0 bridgehead atoms. The van der Waals surface area contributed by atoms with Gasteiger partial charge in [0.25, 0.3) is 5.91 Å². The number of ether oxygens (including phenoxy) is 1. The Morgan fingerprint density at radius 3 is 2.36 bits per heavy atom. The van der Waals surface area contributed by atoms with Crippen molar-refractivity contribution < 1.29 is 14.3 Å². The van der Waals surface area contributed by atoms with E-state index in [1.165, 1.54) is 11.1 Å². The van der Waals surface area contributed by atoms with Crippen molar-refractivity contribution in [3.05, 3.63) is 83.3 Å². The summed E-state index contributed by atoms with van der Waals surface area (Å²) in [6.07, 6.45) is 4.27. The van der Waals surface area contributed by atoms with Crippen LogP contribution in [0, 0.1) is 12.3 Å². The third-order valence-corrected chi connectivity index (χ3v) is 8.46. The molecule has 42 heavy (non-hydrogen) atoms. The Labute approximate surface area is 247 Å². The molecule has 1 saturated heterocycles. The van der Waals surface area contributed by atoms with Gasteiger partial charge in [-0.15, -0.1) is 0 Å². The fourth-order valence-corrected chi connectivity index (χ4v) is 6.00. The van der Waals surface area contributed by atoms with Crippen molar-refractivity contribution in [1.29, 1.82) is 0 Å². The van der Waals surface area contributed by atoms with E-state index in [0.717, 1.165) is 67.7 Å². The van der Waals surface area contributed by atoms with Gasteiger partial charge in [0.1, 0.15) is 6.10 Å². The van der Waals surface area contributed by atoms with E-state index in [0.29, 0.717) is 5.92 Å². The standard InChI is InChI=1S/C33H42N6O3/c1-22-19-28(31(34)40)36-39(22)27-9-10-29-26(20-27)13-18-38(29)21-23-5-7-24(8-6-23)25-11-15-37(16-12-25)17-14-30(33(2,3)4)42-32(35)41/h5-10,13,18-20,25,30H,11-12,14-17,21H2,1-4H3,(H2,34,40)(H2,35,41). The zero-order valence-corrected chi connectivity index (χ0v) is 25.0. The first-order valence-electron chi connectivity index (χ1n) is 14.7. The third kappa shape index (κ3) is 6.68. The van der Waals surface area contributed by atoms with Crippen molar-refractivity contribution in [2.24, 2.45) is 16.9 Å². The molecule has 0 saturated carbocycles. The second kappa shape index (κ2) is 12.0. The summed E-state index contributed by atoms with van der Waals surface area (Å²) < 4.78 is 9.40. The van der Waals surface area contributed by atoms with Crippen molar-refractivity contribution >= 4 is 22.9 Å². The molecule has 1 aliphatic heterocycles. The molecular formula is C33H42N6O3. The molecule has 0 aliphatic carbocycles. The van der Waals surface area contributed by atoms with Crippen LogP contribution in [0.3, 0.4) is 0 Å². The molecule has 1 unspecified atom stereocenters. The van der Waals surface area contributed by atoms with Crippen LogP contribution < -0.4 is 11.5 Å². The number of carbonyl (C=O) groups excluding carboxylic acids is 2. The third-order valence-electron chi connectivity index (χ3n) is 8.46. The van der Waals surface area contributed by atoms with E-state index in [1.807, 2.05) is 13.0 Å². The molecule has 2 amide bonds. The van der Waals surface area contributed by atoms with Gasteiger partial charge in [-0.25, -0.2) is 9.48 Å². The van der Waals surface area contributed by atoms with Crippen LogP contribution >= 0.6 is 0 Å². The van der Waals surface area contributed by atoms with Gasteiger partial charge < -0.3 is 25.7 Å². The molecule has 9 nitrogen and oxygen atoms in total. The van der Waals surface area contributed by atoms with Crippen LogP contribution in [0.1, 0.15) is 73.3 Å². The molecule has 0 radical (unpaired) electrons. The van der Waals surface area contributed by atoms with E-state index < -0.39 is 12.0 Å². The van der Waals surface area contributed by atoms with Gasteiger partial charge in [-0.2, -0.15) is 5.10 Å². The smallest absolute Gasteiger partial charge is 0.404 e. The summed E-state index contributed by atoms with van der Waals surface area (Å²) in [5, 5.41) is 5.47. The van der Waals surface area contributed by atoms with Gasteiger partial charge in [0.15, 0.2) is 5.69 Å². The molecule has 4 N–H and O–H groups in total. The largest absolute Gasteiger partial charge is 0.446 e. The van der Waals surface area contributed by atoms with E-state index >= 15 is 0 Å². The number of rotatable bonds is 9. The average Bonchev–Trinajstić information content (AvgIpc) is 3.54. The Hall–Kier alpha value is -4.11. The van der Waals surface area contributed by atoms with Crippen LogP contribution in [-0.4, -0.2) is 57.0 Å². The van der Waals surface area contributed by atoms with Crippen LogP contribution in [0.15, 0.2) is 60.8 Å². The first-order valence-corrected chi connectivity index (χ1v) is 14.7. The van der Waals surface area contributed by atoms with Gasteiger partial charge in [0.05, 0.1) is 5.69 Å². The number of primary amides is 2. The van der Waals surface area contributed by atoms with Crippen LogP contribution in [-0.2, 0) is 11.3 Å². The second-order valence-corrected chi connectivity index (χ2v) is 12.6. The van der Waals surface area contributed by atoms with Gasteiger partial charge in [0, 0.05) is 35.9 Å². The molecule has 1 atom stereocenters. The van der Waals surface area contributed by atoms with Crippen LogP contribution in [0.25, 0.3) is 16.6 Å². The normalized spacial score (nSPS) is 15.6. The number of fused-ring (bicyclic) bond motifs is 1. The topological polar surface area (TPSA) is 121 Å². The summed E-state index contributed by atoms with van der Waals surface area (Å²) in [5.74, 6) is 0.0290. The highest BCUT2D eigenvalue weighted by molar-refractivity contribution is 5.91. The van der Waals surface area contributed by atoms with Crippen LogP contribution in [0.5, 0.6) is 0 Å². The molecule has 3 heterocycles. The quantitative estimate of drug-likeness (QED) is 0.281. The number of nitrogens with two attached hydrogens (primary N) is 2. The number of piperidine rings is 1. The average molecular weight is 571 g/mol. The molecule has 9 heteroatoms. The first kappa shape index (κ1) is 29.4. The zero-order valence-electron chi connectivity index (χ0n) is 25.0. The first-order chi connectivity index (χ1) is 20.0. The molecule has 1 fully saturated rings. The number of aryl methyl sites for hydroxylation is 1. The van der Waals surface area contributed by atoms with Gasteiger partial charge in [-0.3, -0.25) is 4.79 Å². The summed E-state index contributed by atoms with van der Waals surface area (Å²) in [4.78, 5) is 25.3. The summed E-state index contributed by atoms with van der Waals surface area (Å²) in [6.45, 7) is 11.9. The highest BCUT2D eigenvalue weighted by atomic mass is 16.6. The Morgan fingerprint density at radius 1 is 1.02 bits per heavy atom. The monoisotopic (exact) mass is 570 g/mol. The lowest BCUT2D eigenvalue weighted by atomic mass is 9.86. The fraction of sp³-hybridized carbons (Fsp3) is 0.424. The maximum atomic E-state index is 11.5. The molecule has 0 spiro atoms. The van der Waals surface area contributed by atoms with Crippen molar-refractivity contribution in [1.82, 2.24) is 19.2 Å². The Bertz CT molecular complexity index is 1550. The van der Waals surface area contributed by atoms with E-state index in [1.54, 1.807) is 10.7 Å². The second-order valence-electron chi connectivity index (χ2n) is 12.6. The summed E-state index contributed by atoms with van der Waals surface area (Å²) in [6, 6.07) is 19.1. The minimum Gasteiger partial charge on any atom is -0.446 e. The van der Waals surface area contributed by atoms with Gasteiger partial charge in [0.2, 0.25) is 0 Å². The Morgan fingerprint density at radius 2 is 1.74 bits per heavy atom. The zero-order chi connectivity index (χ0) is 30.0. The van der Waals surface area contributed by atoms with Crippen molar-refractivity contribution in [3.63, 3.8) is 0 Å². The van der Waals surface area contributed by atoms with Crippen LogP contribution in [0.4, 0.5) is 4.79 Å². The summed E-state index contributed by atoms with van der Waals surface area (Å²) in [5.41, 5.74) is 16.4. The number of carbonyl (C=O) groups is 2. The number of hydrogen-bond donors (Lipinski definition) is 2. The Balaban J connectivity index is 1.17. The fourth-order valence-electron chi connectivity index (χ4n) is 6.00. The number of likely N-dealkylation sites (tertiary alicyclic amines) is 1. The lowest BCUT2D eigenvalue weighted by molar-refractivity contribution is 0.0228. The van der Waals surface area contributed by atoms with E-state index in [9.17, 15) is 9.59 Å². The highest BCUT2D eigenvalue weighted by Gasteiger charge is 2.29. The van der Waals surface area contributed by atoms with Gasteiger partial charge in [-0.1, -0.05) is 45.0 Å². The SMILES string of the molecule is Cc1cc(C(N)=O)nn1-c1ccc2c(ccn2Cc2ccc(C3CCN(CCC(OC(N)=O)C(C)(C)C)CC3)cc2)c1. The van der Waals surface area contributed by atoms with E-state index in [4.69, 9.17) is 16.2 Å². The number of hydrogen-bond acceptors (Lipinski definition) is 5. The minimum absolute atomic E-state index is 0.137. The molecule has 1 aliphatic rings. The predicted octanol–water partition coefficient (Wildman–Crippen LogP) is 5.36. The molecule has 4 aromatic rings. The number of amides is 2. The molecule has 2 aromatic heterocycles. The molecule has 2 aromatic carbocycles. The summed E-state index contributed by atoms with van der Waals surface area (Å²) in [7, 11) is 0. The van der Waals surface area contributed by atoms with Gasteiger partial charge in [-0.05, 0) is 92.1 Å². The number of aromatic nitrogens is 3. The Kier molecular flexibility index (Phi) is 8.41. The molecule has 222 valence electrons. The minimum atomic E-state index is -0.696. The molecule has 5 rings (SSSR count). The number of nitrogens with zero attached hydrogens (tertiary/aromatic N) is 4.